The van der Waals surface area contributed by atoms with Crippen LogP contribution >= 0.6 is 15.9 Å². The first-order valence-electron chi connectivity index (χ1n) is 6.56. The molecule has 0 spiro atoms. The highest BCUT2D eigenvalue weighted by Gasteiger charge is 2.27. The molecule has 0 saturated heterocycles. The summed E-state index contributed by atoms with van der Waals surface area (Å²) in [5.41, 5.74) is 2.14. The number of carbonyl (C=O) groups is 1. The number of anilines is 1. The van der Waals surface area contributed by atoms with E-state index in [4.69, 9.17) is 5.11 Å². The fourth-order valence-electron chi connectivity index (χ4n) is 2.23. The van der Waals surface area contributed by atoms with E-state index in [1.165, 1.54) is 0 Å². The van der Waals surface area contributed by atoms with Gasteiger partial charge in [-0.25, -0.2) is 0 Å². The molecule has 1 heterocycles. The third kappa shape index (κ3) is 2.78. The number of amides is 1. The number of hydrogen-bond acceptors (Lipinski definition) is 2. The monoisotopic (exact) mass is 334 g/mol. The van der Waals surface area contributed by atoms with Crippen LogP contribution in [0, 0.1) is 0 Å². The number of aliphatic hydroxyl groups excluding tert-OH is 1. The number of carbonyl (C=O) groups excluding carboxylic acids is 1. The van der Waals surface area contributed by atoms with Crippen LogP contribution in [0.4, 0.5) is 5.69 Å². The third-order valence-corrected chi connectivity index (χ3v) is 3.79. The quantitative estimate of drug-likeness (QED) is 0.900. The van der Waals surface area contributed by atoms with E-state index in [9.17, 15) is 4.79 Å². The Morgan fingerprint density at radius 1 is 1.40 bits per heavy atom. The van der Waals surface area contributed by atoms with Gasteiger partial charge in [0.15, 0.2) is 0 Å². The number of aliphatic hydroxyl groups is 1. The van der Waals surface area contributed by atoms with Gasteiger partial charge in [0.2, 0.25) is 0 Å². The van der Waals surface area contributed by atoms with E-state index in [2.05, 4.69) is 21.2 Å². The standard InChI is InChI=1S/C15H15BrN2O2/c16-11-7-14(18(8-11)13-4-5-13)15(20)17-12-3-1-2-10(6-12)9-19/h1-3,6-8,13,19H,4-5,9H2,(H,17,20). The maximum atomic E-state index is 12.4. The fraction of sp³-hybridized carbons (Fsp3) is 0.267. The molecule has 1 aliphatic carbocycles. The number of halogens is 1. The van der Waals surface area contributed by atoms with E-state index in [0.29, 0.717) is 17.4 Å². The van der Waals surface area contributed by atoms with Crippen LogP contribution < -0.4 is 5.32 Å². The molecule has 0 unspecified atom stereocenters. The second-order valence-corrected chi connectivity index (χ2v) is 5.91. The van der Waals surface area contributed by atoms with Crippen molar-refractivity contribution in [1.29, 1.82) is 0 Å². The summed E-state index contributed by atoms with van der Waals surface area (Å²) in [6.45, 7) is -0.0340. The van der Waals surface area contributed by atoms with E-state index in [1.54, 1.807) is 6.07 Å². The van der Waals surface area contributed by atoms with Crippen molar-refractivity contribution in [3.05, 3.63) is 52.3 Å². The van der Waals surface area contributed by atoms with Crippen LogP contribution in [-0.2, 0) is 6.61 Å². The Morgan fingerprint density at radius 2 is 2.20 bits per heavy atom. The van der Waals surface area contributed by atoms with Gasteiger partial charge in [0.05, 0.1) is 6.61 Å². The van der Waals surface area contributed by atoms with Crippen molar-refractivity contribution in [3.63, 3.8) is 0 Å². The first kappa shape index (κ1) is 13.4. The van der Waals surface area contributed by atoms with Crippen molar-refractivity contribution < 1.29 is 9.90 Å². The number of nitrogens with zero attached hydrogens (tertiary/aromatic N) is 1. The van der Waals surface area contributed by atoms with Gasteiger partial charge in [0.25, 0.3) is 5.91 Å². The van der Waals surface area contributed by atoms with Crippen LogP contribution in [0.25, 0.3) is 0 Å². The van der Waals surface area contributed by atoms with E-state index < -0.39 is 0 Å². The van der Waals surface area contributed by atoms with Crippen molar-refractivity contribution in [2.75, 3.05) is 5.32 Å². The lowest BCUT2D eigenvalue weighted by Crippen LogP contribution is -2.16. The van der Waals surface area contributed by atoms with Gasteiger partial charge in [-0.15, -0.1) is 0 Å². The Hall–Kier alpha value is -1.59. The van der Waals surface area contributed by atoms with Gasteiger partial charge in [0.1, 0.15) is 5.69 Å². The van der Waals surface area contributed by atoms with Crippen LogP contribution in [0.2, 0.25) is 0 Å². The summed E-state index contributed by atoms with van der Waals surface area (Å²) < 4.78 is 2.94. The highest BCUT2D eigenvalue weighted by molar-refractivity contribution is 9.10. The van der Waals surface area contributed by atoms with Gasteiger partial charge < -0.3 is 15.0 Å². The minimum atomic E-state index is -0.127. The largest absolute Gasteiger partial charge is 0.392 e. The van der Waals surface area contributed by atoms with E-state index in [0.717, 1.165) is 22.9 Å². The minimum absolute atomic E-state index is 0.0340. The van der Waals surface area contributed by atoms with Gasteiger partial charge in [-0.05, 0) is 52.5 Å². The zero-order chi connectivity index (χ0) is 14.1. The summed E-state index contributed by atoms with van der Waals surface area (Å²) in [7, 11) is 0. The molecule has 4 nitrogen and oxygen atoms in total. The molecule has 3 rings (SSSR count). The molecule has 2 N–H and O–H groups in total. The summed E-state index contributed by atoms with van der Waals surface area (Å²) in [5, 5.41) is 12.0. The Bertz CT molecular complexity index is 647. The fourth-order valence-corrected chi connectivity index (χ4v) is 2.66. The zero-order valence-electron chi connectivity index (χ0n) is 10.8. The minimum Gasteiger partial charge on any atom is -0.392 e. The molecule has 20 heavy (non-hydrogen) atoms. The summed E-state index contributed by atoms with van der Waals surface area (Å²) in [4.78, 5) is 12.4. The molecule has 5 heteroatoms. The molecule has 1 aromatic heterocycles. The predicted octanol–water partition coefficient (Wildman–Crippen LogP) is 3.33. The lowest BCUT2D eigenvalue weighted by atomic mass is 10.2. The van der Waals surface area contributed by atoms with Crippen molar-refractivity contribution >= 4 is 27.5 Å². The van der Waals surface area contributed by atoms with Gasteiger partial charge in [0, 0.05) is 22.4 Å². The Balaban J connectivity index is 1.82. The topological polar surface area (TPSA) is 54.3 Å². The Labute approximate surface area is 125 Å². The van der Waals surface area contributed by atoms with Gasteiger partial charge >= 0.3 is 0 Å². The Kier molecular flexibility index (Phi) is 3.63. The lowest BCUT2D eigenvalue weighted by Gasteiger charge is -2.09. The number of benzene rings is 1. The van der Waals surface area contributed by atoms with Crippen LogP contribution in [-0.4, -0.2) is 15.6 Å². The number of rotatable bonds is 4. The molecule has 104 valence electrons. The molecular formula is C15H15BrN2O2. The predicted molar refractivity (Wildman–Crippen MR) is 80.7 cm³/mol. The molecule has 0 bridgehead atoms. The average molecular weight is 335 g/mol. The van der Waals surface area contributed by atoms with Crippen molar-refractivity contribution in [3.8, 4) is 0 Å². The summed E-state index contributed by atoms with van der Waals surface area (Å²) >= 11 is 3.42. The second kappa shape index (κ2) is 5.42. The normalized spacial score (nSPS) is 14.3. The van der Waals surface area contributed by atoms with Crippen LogP contribution in [0.3, 0.4) is 0 Å². The van der Waals surface area contributed by atoms with E-state index in [1.807, 2.05) is 35.0 Å². The highest BCUT2D eigenvalue weighted by atomic mass is 79.9. The summed E-state index contributed by atoms with van der Waals surface area (Å²) in [6.07, 6.45) is 4.21. The first-order valence-corrected chi connectivity index (χ1v) is 7.35. The van der Waals surface area contributed by atoms with Gasteiger partial charge in [-0.3, -0.25) is 4.79 Å². The Morgan fingerprint density at radius 3 is 2.90 bits per heavy atom. The average Bonchev–Trinajstić information content (AvgIpc) is 3.21. The third-order valence-electron chi connectivity index (χ3n) is 3.36. The van der Waals surface area contributed by atoms with Crippen LogP contribution in [0.15, 0.2) is 41.0 Å². The van der Waals surface area contributed by atoms with Crippen LogP contribution in [0.5, 0.6) is 0 Å². The molecule has 0 aliphatic heterocycles. The second-order valence-electron chi connectivity index (χ2n) is 4.99. The number of hydrogen-bond donors (Lipinski definition) is 2. The molecular weight excluding hydrogens is 320 g/mol. The molecule has 0 radical (unpaired) electrons. The van der Waals surface area contributed by atoms with Gasteiger partial charge in [-0.1, -0.05) is 12.1 Å². The molecule has 1 amide bonds. The first-order chi connectivity index (χ1) is 9.67. The molecule has 0 atom stereocenters. The highest BCUT2D eigenvalue weighted by Crippen LogP contribution is 2.37. The summed E-state index contributed by atoms with van der Waals surface area (Å²) in [5.74, 6) is -0.127. The lowest BCUT2D eigenvalue weighted by molar-refractivity contribution is 0.101. The number of aromatic nitrogens is 1. The molecule has 1 fully saturated rings. The zero-order valence-corrected chi connectivity index (χ0v) is 12.4. The van der Waals surface area contributed by atoms with Gasteiger partial charge in [-0.2, -0.15) is 0 Å². The molecule has 1 saturated carbocycles. The van der Waals surface area contributed by atoms with E-state index >= 15 is 0 Å². The van der Waals surface area contributed by atoms with E-state index in [-0.39, 0.29) is 12.5 Å². The van der Waals surface area contributed by atoms with Crippen molar-refractivity contribution in [2.24, 2.45) is 0 Å². The molecule has 1 aromatic carbocycles. The smallest absolute Gasteiger partial charge is 0.272 e. The van der Waals surface area contributed by atoms with Crippen LogP contribution in [0.1, 0.15) is 34.9 Å². The molecule has 2 aromatic rings. The summed E-state index contributed by atoms with van der Waals surface area (Å²) in [6, 6.07) is 9.51. The van der Waals surface area contributed by atoms with Crippen molar-refractivity contribution in [1.82, 2.24) is 4.57 Å². The maximum Gasteiger partial charge on any atom is 0.272 e. The number of nitrogens with one attached hydrogen (secondary N) is 1. The van der Waals surface area contributed by atoms with Crippen molar-refractivity contribution in [2.45, 2.75) is 25.5 Å². The molecule has 1 aliphatic rings. The maximum absolute atomic E-state index is 12.4. The SMILES string of the molecule is O=C(Nc1cccc(CO)c1)c1cc(Br)cn1C1CC1.